The largest absolute Gasteiger partial charge is 0.480 e. The van der Waals surface area contributed by atoms with Crippen molar-refractivity contribution in [2.24, 2.45) is 0 Å². The Labute approximate surface area is 133 Å². The number of rotatable bonds is 6. The number of aliphatic carboxylic acids is 1. The predicted octanol–water partition coefficient (Wildman–Crippen LogP) is 1.73. The van der Waals surface area contributed by atoms with Gasteiger partial charge >= 0.3 is 5.97 Å². The number of amides is 1. The van der Waals surface area contributed by atoms with Gasteiger partial charge in [0.05, 0.1) is 0 Å². The molecule has 1 saturated heterocycles. The standard InChI is InChI=1S/C16H20FNO5/c1-2-12(23-13-6-4-3-5-11(13)17)14(19)18-16(15(20)21)7-9-22-10-8-16/h3-6,12H,2,7-10H2,1H3,(H,18,19)(H,20,21). The molecular weight excluding hydrogens is 305 g/mol. The number of carboxylic acids is 1. The molecule has 2 N–H and O–H groups in total. The molecule has 1 unspecified atom stereocenters. The Morgan fingerprint density at radius 3 is 2.61 bits per heavy atom. The third-order valence-electron chi connectivity index (χ3n) is 3.89. The average Bonchev–Trinajstić information content (AvgIpc) is 2.54. The Hall–Kier alpha value is -2.15. The van der Waals surface area contributed by atoms with Crippen molar-refractivity contribution in [2.45, 2.75) is 37.8 Å². The number of halogens is 1. The molecule has 126 valence electrons. The van der Waals surface area contributed by atoms with Gasteiger partial charge in [-0.15, -0.1) is 0 Å². The van der Waals surface area contributed by atoms with Crippen LogP contribution in [-0.4, -0.2) is 41.8 Å². The molecular formula is C16H20FNO5. The van der Waals surface area contributed by atoms with Gasteiger partial charge in [0.25, 0.3) is 5.91 Å². The first kappa shape index (κ1) is 17.2. The van der Waals surface area contributed by atoms with Gasteiger partial charge in [-0.2, -0.15) is 0 Å². The molecule has 1 atom stereocenters. The molecule has 6 nitrogen and oxygen atoms in total. The van der Waals surface area contributed by atoms with E-state index in [1.54, 1.807) is 13.0 Å². The second-order valence-electron chi connectivity index (χ2n) is 5.43. The van der Waals surface area contributed by atoms with E-state index < -0.39 is 29.3 Å². The highest BCUT2D eigenvalue weighted by Crippen LogP contribution is 2.23. The Bertz CT molecular complexity index is 571. The van der Waals surface area contributed by atoms with Gasteiger partial charge in [0, 0.05) is 26.1 Å². The van der Waals surface area contributed by atoms with Crippen molar-refractivity contribution >= 4 is 11.9 Å². The third kappa shape index (κ3) is 3.98. The molecule has 1 amide bonds. The van der Waals surface area contributed by atoms with Gasteiger partial charge in [-0.25, -0.2) is 9.18 Å². The maximum absolute atomic E-state index is 13.6. The van der Waals surface area contributed by atoms with Crippen molar-refractivity contribution in [1.29, 1.82) is 0 Å². The van der Waals surface area contributed by atoms with Crippen LogP contribution in [0.4, 0.5) is 4.39 Å². The van der Waals surface area contributed by atoms with Gasteiger partial charge in [0.2, 0.25) is 0 Å². The fourth-order valence-corrected chi connectivity index (χ4v) is 2.44. The molecule has 1 aromatic rings. The minimum Gasteiger partial charge on any atom is -0.480 e. The summed E-state index contributed by atoms with van der Waals surface area (Å²) in [6.45, 7) is 2.23. The molecule has 1 aliphatic rings. The summed E-state index contributed by atoms with van der Waals surface area (Å²) < 4.78 is 24.2. The number of ether oxygens (including phenoxy) is 2. The van der Waals surface area contributed by atoms with Crippen LogP contribution in [0.5, 0.6) is 5.75 Å². The van der Waals surface area contributed by atoms with Crippen molar-refractivity contribution < 1.29 is 28.6 Å². The highest BCUT2D eigenvalue weighted by Gasteiger charge is 2.42. The Morgan fingerprint density at radius 2 is 2.04 bits per heavy atom. The summed E-state index contributed by atoms with van der Waals surface area (Å²) in [5.74, 6) is -2.28. The number of para-hydroxylation sites is 1. The van der Waals surface area contributed by atoms with Crippen LogP contribution >= 0.6 is 0 Å². The Morgan fingerprint density at radius 1 is 1.39 bits per heavy atom. The van der Waals surface area contributed by atoms with E-state index >= 15 is 0 Å². The fraction of sp³-hybridized carbons (Fsp3) is 0.500. The zero-order valence-corrected chi connectivity index (χ0v) is 12.9. The van der Waals surface area contributed by atoms with E-state index in [1.165, 1.54) is 18.2 Å². The van der Waals surface area contributed by atoms with Crippen molar-refractivity contribution in [3.63, 3.8) is 0 Å². The van der Waals surface area contributed by atoms with Crippen LogP contribution in [0, 0.1) is 5.82 Å². The maximum atomic E-state index is 13.6. The predicted molar refractivity (Wildman–Crippen MR) is 79.7 cm³/mol. The molecule has 1 heterocycles. The average molecular weight is 325 g/mol. The second-order valence-corrected chi connectivity index (χ2v) is 5.43. The minimum absolute atomic E-state index is 0.0362. The summed E-state index contributed by atoms with van der Waals surface area (Å²) in [5, 5.41) is 12.0. The lowest BCUT2D eigenvalue weighted by Gasteiger charge is -2.35. The zero-order chi connectivity index (χ0) is 16.9. The van der Waals surface area contributed by atoms with Crippen molar-refractivity contribution in [2.75, 3.05) is 13.2 Å². The molecule has 0 aromatic heterocycles. The van der Waals surface area contributed by atoms with E-state index in [-0.39, 0.29) is 38.2 Å². The molecule has 0 radical (unpaired) electrons. The molecule has 0 spiro atoms. The second kappa shape index (κ2) is 7.41. The minimum atomic E-state index is -1.36. The number of carboxylic acid groups (broad SMARTS) is 1. The van der Waals surface area contributed by atoms with E-state index in [4.69, 9.17) is 9.47 Å². The van der Waals surface area contributed by atoms with Crippen molar-refractivity contribution in [3.8, 4) is 5.75 Å². The summed E-state index contributed by atoms with van der Waals surface area (Å²) in [4.78, 5) is 24.0. The van der Waals surface area contributed by atoms with Crippen LogP contribution in [0.25, 0.3) is 0 Å². The first-order valence-electron chi connectivity index (χ1n) is 7.53. The molecule has 1 fully saturated rings. The first-order chi connectivity index (χ1) is 11.0. The van der Waals surface area contributed by atoms with Gasteiger partial charge in [-0.1, -0.05) is 19.1 Å². The SMILES string of the molecule is CCC(Oc1ccccc1F)C(=O)NC1(C(=O)O)CCOCC1. The van der Waals surface area contributed by atoms with E-state index in [0.29, 0.717) is 0 Å². The van der Waals surface area contributed by atoms with E-state index in [0.717, 1.165) is 0 Å². The summed E-state index contributed by atoms with van der Waals surface area (Å²) in [5.41, 5.74) is -1.36. The molecule has 1 aliphatic heterocycles. The zero-order valence-electron chi connectivity index (χ0n) is 12.9. The summed E-state index contributed by atoms with van der Waals surface area (Å²) >= 11 is 0. The molecule has 0 saturated carbocycles. The Balaban J connectivity index is 2.10. The summed E-state index contributed by atoms with van der Waals surface area (Å²) in [7, 11) is 0. The van der Waals surface area contributed by atoms with Crippen LogP contribution in [0.1, 0.15) is 26.2 Å². The summed E-state index contributed by atoms with van der Waals surface area (Å²) in [6, 6.07) is 5.77. The van der Waals surface area contributed by atoms with Gasteiger partial charge in [0.1, 0.15) is 5.54 Å². The van der Waals surface area contributed by atoms with Crippen molar-refractivity contribution in [1.82, 2.24) is 5.32 Å². The smallest absolute Gasteiger partial charge is 0.329 e. The highest BCUT2D eigenvalue weighted by atomic mass is 19.1. The number of hydrogen-bond acceptors (Lipinski definition) is 4. The Kier molecular flexibility index (Phi) is 5.54. The molecule has 0 bridgehead atoms. The topological polar surface area (TPSA) is 84.9 Å². The lowest BCUT2D eigenvalue weighted by Crippen LogP contribution is -2.60. The maximum Gasteiger partial charge on any atom is 0.329 e. The van der Waals surface area contributed by atoms with Crippen LogP contribution in [0.15, 0.2) is 24.3 Å². The quantitative estimate of drug-likeness (QED) is 0.832. The van der Waals surface area contributed by atoms with Crippen LogP contribution < -0.4 is 10.1 Å². The first-order valence-corrected chi connectivity index (χ1v) is 7.53. The summed E-state index contributed by atoms with van der Waals surface area (Å²) in [6.07, 6.45) is -0.313. The molecule has 23 heavy (non-hydrogen) atoms. The van der Waals surface area contributed by atoms with Gasteiger partial charge in [-0.3, -0.25) is 4.79 Å². The van der Waals surface area contributed by atoms with E-state index in [2.05, 4.69) is 5.32 Å². The molecule has 0 aliphatic carbocycles. The normalized spacial score (nSPS) is 18.0. The molecule has 2 rings (SSSR count). The molecule has 1 aromatic carbocycles. The van der Waals surface area contributed by atoms with Crippen LogP contribution in [-0.2, 0) is 14.3 Å². The lowest BCUT2D eigenvalue weighted by molar-refractivity contribution is -0.153. The lowest BCUT2D eigenvalue weighted by atomic mass is 9.89. The van der Waals surface area contributed by atoms with Crippen molar-refractivity contribution in [3.05, 3.63) is 30.1 Å². The van der Waals surface area contributed by atoms with Crippen LogP contribution in [0.3, 0.4) is 0 Å². The van der Waals surface area contributed by atoms with E-state index in [1.807, 2.05) is 0 Å². The highest BCUT2D eigenvalue weighted by molar-refractivity contribution is 5.89. The third-order valence-corrected chi connectivity index (χ3v) is 3.89. The number of carbonyl (C=O) groups excluding carboxylic acids is 1. The van der Waals surface area contributed by atoms with Crippen LogP contribution in [0.2, 0.25) is 0 Å². The number of nitrogens with one attached hydrogen (secondary N) is 1. The number of benzene rings is 1. The fourth-order valence-electron chi connectivity index (χ4n) is 2.44. The monoisotopic (exact) mass is 325 g/mol. The van der Waals surface area contributed by atoms with E-state index in [9.17, 15) is 19.1 Å². The van der Waals surface area contributed by atoms with Gasteiger partial charge < -0.3 is 19.9 Å². The molecule has 7 heteroatoms. The number of hydrogen-bond donors (Lipinski definition) is 2. The van der Waals surface area contributed by atoms with Gasteiger partial charge in [-0.05, 0) is 18.6 Å². The number of carbonyl (C=O) groups is 2. The van der Waals surface area contributed by atoms with Gasteiger partial charge in [0.15, 0.2) is 17.7 Å².